The average Bonchev–Trinajstić information content (AvgIpc) is 3.21. The minimum absolute atomic E-state index is 0.0227. The fourth-order valence-corrected chi connectivity index (χ4v) is 2.66. The Kier molecular flexibility index (Phi) is 9.92. The first-order chi connectivity index (χ1) is 14.1. The van der Waals surface area contributed by atoms with Crippen molar-refractivity contribution in [2.75, 3.05) is 6.54 Å². The van der Waals surface area contributed by atoms with Crippen molar-refractivity contribution in [3.63, 3.8) is 0 Å². The summed E-state index contributed by atoms with van der Waals surface area (Å²) in [7, 11) is 0. The summed E-state index contributed by atoms with van der Waals surface area (Å²) in [6.07, 6.45) is 2.08. The van der Waals surface area contributed by atoms with Crippen molar-refractivity contribution in [2.45, 2.75) is 57.8 Å². The number of nitrogens with one attached hydrogen (secondary N) is 4. The molecule has 168 valence electrons. The lowest BCUT2D eigenvalue weighted by molar-refractivity contribution is -0.142. The van der Waals surface area contributed by atoms with Crippen molar-refractivity contribution in [3.8, 4) is 0 Å². The number of rotatable bonds is 12. The Morgan fingerprint density at radius 1 is 1.13 bits per heavy atom. The molecule has 0 bridgehead atoms. The lowest BCUT2D eigenvalue weighted by Gasteiger charge is -2.28. The van der Waals surface area contributed by atoms with E-state index in [1.54, 1.807) is 13.8 Å². The van der Waals surface area contributed by atoms with Crippen LogP contribution in [-0.4, -0.2) is 74.6 Å². The summed E-state index contributed by atoms with van der Waals surface area (Å²) in [5.74, 6) is -3.72. The number of aliphatic carboxylic acids is 1. The third kappa shape index (κ3) is 7.44. The van der Waals surface area contributed by atoms with Gasteiger partial charge in [-0.1, -0.05) is 20.3 Å². The molecule has 1 aromatic heterocycles. The van der Waals surface area contributed by atoms with Crippen LogP contribution in [0.3, 0.4) is 0 Å². The van der Waals surface area contributed by atoms with Crippen molar-refractivity contribution in [2.24, 2.45) is 11.7 Å². The van der Waals surface area contributed by atoms with Crippen LogP contribution in [0, 0.1) is 5.92 Å². The molecule has 0 aliphatic heterocycles. The quantitative estimate of drug-likeness (QED) is 0.196. The number of hydrogen-bond donors (Lipinski definition) is 7. The van der Waals surface area contributed by atoms with Crippen molar-refractivity contribution < 1.29 is 29.4 Å². The highest BCUT2D eigenvalue weighted by atomic mass is 16.4. The Morgan fingerprint density at radius 2 is 1.77 bits per heavy atom. The molecule has 8 N–H and O–H groups in total. The van der Waals surface area contributed by atoms with Crippen molar-refractivity contribution in [1.29, 1.82) is 0 Å². The summed E-state index contributed by atoms with van der Waals surface area (Å²) in [5.41, 5.74) is 5.75. The molecule has 30 heavy (non-hydrogen) atoms. The molecule has 5 atom stereocenters. The molecule has 1 aromatic rings. The summed E-state index contributed by atoms with van der Waals surface area (Å²) >= 11 is 0. The third-order valence-electron chi connectivity index (χ3n) is 4.65. The number of amides is 3. The third-order valence-corrected chi connectivity index (χ3v) is 4.65. The maximum absolute atomic E-state index is 12.8. The van der Waals surface area contributed by atoms with Crippen molar-refractivity contribution in [1.82, 2.24) is 25.9 Å². The fraction of sp³-hybridized carbons (Fsp3) is 0.611. The molecule has 0 fully saturated rings. The van der Waals surface area contributed by atoms with Crippen LogP contribution in [0.5, 0.6) is 0 Å². The maximum Gasteiger partial charge on any atom is 0.326 e. The van der Waals surface area contributed by atoms with E-state index >= 15 is 0 Å². The summed E-state index contributed by atoms with van der Waals surface area (Å²) in [6, 6.07) is -3.64. The Balaban J connectivity index is 2.95. The Morgan fingerprint density at radius 3 is 2.23 bits per heavy atom. The van der Waals surface area contributed by atoms with E-state index in [4.69, 9.17) is 5.73 Å². The molecule has 0 aliphatic carbocycles. The average molecular weight is 426 g/mol. The Hall–Kier alpha value is -2.99. The number of H-pyrrole nitrogens is 1. The molecule has 0 aromatic carbocycles. The summed E-state index contributed by atoms with van der Waals surface area (Å²) in [4.78, 5) is 55.1. The zero-order chi connectivity index (χ0) is 22.8. The van der Waals surface area contributed by atoms with Crippen LogP contribution in [0.25, 0.3) is 0 Å². The molecule has 1 heterocycles. The Bertz CT molecular complexity index is 723. The van der Waals surface area contributed by atoms with Gasteiger partial charge in [-0.3, -0.25) is 14.4 Å². The van der Waals surface area contributed by atoms with Gasteiger partial charge in [-0.05, 0) is 12.8 Å². The second kappa shape index (κ2) is 11.9. The van der Waals surface area contributed by atoms with E-state index in [-0.39, 0.29) is 18.9 Å². The molecule has 0 aliphatic rings. The highest BCUT2D eigenvalue weighted by molar-refractivity contribution is 5.94. The topological polar surface area (TPSA) is 200 Å². The number of carbonyl (C=O) groups is 4. The zero-order valence-corrected chi connectivity index (χ0v) is 17.2. The molecular formula is C18H30N6O6. The molecule has 0 saturated carbocycles. The molecule has 1 rings (SSSR count). The van der Waals surface area contributed by atoms with Crippen LogP contribution < -0.4 is 21.7 Å². The van der Waals surface area contributed by atoms with Gasteiger partial charge in [0.2, 0.25) is 17.7 Å². The number of carboxylic acid groups (broad SMARTS) is 1. The summed E-state index contributed by atoms with van der Waals surface area (Å²) in [6.45, 7) is 4.45. The standard InChI is InChI=1S/C18H30N6O6/c1-4-9(2)14(24-17(28)15(10(3)25)23-13(26)6-19)16(27)22-12(18(29)30)5-11-7-20-8-21-11/h7-10,12,14-15,25H,4-6,19H2,1-3H3,(H,20,21)(H,22,27)(H,23,26)(H,24,28)(H,29,30). The minimum Gasteiger partial charge on any atom is -0.480 e. The highest BCUT2D eigenvalue weighted by Gasteiger charge is 2.33. The normalized spacial score (nSPS) is 15.9. The molecule has 0 radical (unpaired) electrons. The smallest absolute Gasteiger partial charge is 0.326 e. The van der Waals surface area contributed by atoms with E-state index in [1.165, 1.54) is 19.4 Å². The van der Waals surface area contributed by atoms with E-state index in [0.717, 1.165) is 0 Å². The van der Waals surface area contributed by atoms with E-state index in [9.17, 15) is 29.4 Å². The van der Waals surface area contributed by atoms with Crippen LogP contribution >= 0.6 is 0 Å². The SMILES string of the molecule is CCC(C)C(NC(=O)C(NC(=O)CN)C(C)O)C(=O)NC(Cc1cnc[nH]1)C(=O)O. The van der Waals surface area contributed by atoms with Gasteiger partial charge in [-0.15, -0.1) is 0 Å². The number of carboxylic acids is 1. The molecular weight excluding hydrogens is 396 g/mol. The van der Waals surface area contributed by atoms with Gasteiger partial charge in [0, 0.05) is 18.3 Å². The van der Waals surface area contributed by atoms with Crippen LogP contribution in [0.1, 0.15) is 32.9 Å². The number of aromatic nitrogens is 2. The van der Waals surface area contributed by atoms with Gasteiger partial charge >= 0.3 is 5.97 Å². The number of imidazole rings is 1. The molecule has 0 spiro atoms. The number of nitrogens with two attached hydrogens (primary N) is 1. The van der Waals surface area contributed by atoms with E-state index < -0.39 is 47.9 Å². The minimum atomic E-state index is -1.32. The molecule has 0 saturated heterocycles. The first kappa shape index (κ1) is 25.0. The first-order valence-electron chi connectivity index (χ1n) is 9.58. The Labute approximate surface area is 174 Å². The number of aliphatic hydroxyl groups is 1. The molecule has 5 unspecified atom stereocenters. The van der Waals surface area contributed by atoms with Crippen molar-refractivity contribution >= 4 is 23.7 Å². The number of carbonyl (C=O) groups excluding carboxylic acids is 3. The van der Waals surface area contributed by atoms with Gasteiger partial charge in [0.15, 0.2) is 0 Å². The van der Waals surface area contributed by atoms with Gasteiger partial charge in [0.05, 0.1) is 19.0 Å². The zero-order valence-electron chi connectivity index (χ0n) is 17.2. The van der Waals surface area contributed by atoms with E-state index in [1.807, 2.05) is 0 Å². The largest absolute Gasteiger partial charge is 0.480 e. The van der Waals surface area contributed by atoms with Gasteiger partial charge in [0.25, 0.3) is 0 Å². The monoisotopic (exact) mass is 426 g/mol. The van der Waals surface area contributed by atoms with Crippen LogP contribution in [0.4, 0.5) is 0 Å². The highest BCUT2D eigenvalue weighted by Crippen LogP contribution is 2.10. The van der Waals surface area contributed by atoms with Gasteiger partial charge in [-0.25, -0.2) is 9.78 Å². The number of aromatic amines is 1. The predicted octanol–water partition coefficient (Wildman–Crippen LogP) is -2.12. The number of aliphatic hydroxyl groups excluding tert-OH is 1. The maximum atomic E-state index is 12.8. The first-order valence-corrected chi connectivity index (χ1v) is 9.58. The van der Waals surface area contributed by atoms with Gasteiger partial charge in [-0.2, -0.15) is 0 Å². The second-order valence-electron chi connectivity index (χ2n) is 7.04. The second-order valence-corrected chi connectivity index (χ2v) is 7.04. The molecule has 3 amide bonds. The fourth-order valence-electron chi connectivity index (χ4n) is 2.66. The van der Waals surface area contributed by atoms with Gasteiger partial charge < -0.3 is 36.9 Å². The lowest BCUT2D eigenvalue weighted by atomic mass is 9.97. The van der Waals surface area contributed by atoms with Gasteiger partial charge in [0.1, 0.15) is 18.1 Å². The van der Waals surface area contributed by atoms with Crippen LogP contribution in [0.2, 0.25) is 0 Å². The predicted molar refractivity (Wildman–Crippen MR) is 106 cm³/mol. The number of nitrogens with zero attached hydrogens (tertiary/aromatic N) is 1. The summed E-state index contributed by atoms with van der Waals surface area (Å²) in [5, 5.41) is 26.5. The van der Waals surface area contributed by atoms with Crippen LogP contribution in [-0.2, 0) is 25.6 Å². The lowest BCUT2D eigenvalue weighted by Crippen LogP contribution is -2.60. The van der Waals surface area contributed by atoms with Crippen molar-refractivity contribution in [3.05, 3.63) is 18.2 Å². The van der Waals surface area contributed by atoms with Crippen LogP contribution in [0.15, 0.2) is 12.5 Å². The summed E-state index contributed by atoms with van der Waals surface area (Å²) < 4.78 is 0. The molecule has 12 heteroatoms. The number of hydrogen-bond acceptors (Lipinski definition) is 7. The molecule has 12 nitrogen and oxygen atoms in total. The van der Waals surface area contributed by atoms with E-state index in [2.05, 4.69) is 25.9 Å². The van der Waals surface area contributed by atoms with E-state index in [0.29, 0.717) is 12.1 Å².